The fourth-order valence-electron chi connectivity index (χ4n) is 3.68. The molecule has 5 heteroatoms. The molecule has 0 aliphatic carbocycles. The van der Waals surface area contributed by atoms with Crippen LogP contribution in [0, 0.1) is 12.7 Å². The zero-order valence-corrected chi connectivity index (χ0v) is 19.3. The van der Waals surface area contributed by atoms with Crippen molar-refractivity contribution < 1.29 is 13.6 Å². The van der Waals surface area contributed by atoms with Gasteiger partial charge in [-0.25, -0.2) is 4.39 Å². The van der Waals surface area contributed by atoms with Crippen molar-refractivity contribution in [2.75, 3.05) is 13.1 Å². The summed E-state index contributed by atoms with van der Waals surface area (Å²) < 4.78 is 19.1. The number of furan rings is 1. The molecule has 0 radical (unpaired) electrons. The molecular weight excluding hydrogens is 403 g/mol. The molecule has 0 bridgehead atoms. The van der Waals surface area contributed by atoms with Crippen LogP contribution in [0.25, 0.3) is 0 Å². The fraction of sp³-hybridized carbons (Fsp3) is 0.370. The Hall–Kier alpha value is -2.92. The quantitative estimate of drug-likeness (QED) is 0.393. The number of hydrogen-bond donors (Lipinski definition) is 0. The summed E-state index contributed by atoms with van der Waals surface area (Å²) in [7, 11) is 0. The summed E-state index contributed by atoms with van der Waals surface area (Å²) in [5, 5.41) is 0. The first-order valence-electron chi connectivity index (χ1n) is 11.3. The minimum absolute atomic E-state index is 0.0670. The van der Waals surface area contributed by atoms with Crippen molar-refractivity contribution in [3.05, 3.63) is 95.2 Å². The maximum atomic E-state index is 13.4. The topological polar surface area (TPSA) is 36.7 Å². The predicted octanol–water partition coefficient (Wildman–Crippen LogP) is 5.60. The Balaban J connectivity index is 1.72. The molecule has 0 saturated heterocycles. The van der Waals surface area contributed by atoms with E-state index in [2.05, 4.69) is 30.9 Å². The Kier molecular flexibility index (Phi) is 8.63. The van der Waals surface area contributed by atoms with Gasteiger partial charge in [-0.05, 0) is 62.1 Å². The maximum absolute atomic E-state index is 13.4. The van der Waals surface area contributed by atoms with E-state index in [9.17, 15) is 9.18 Å². The molecule has 32 heavy (non-hydrogen) atoms. The molecule has 3 rings (SSSR count). The number of nitrogens with zero attached hydrogens (tertiary/aromatic N) is 2. The molecule has 1 aromatic heterocycles. The molecule has 3 aromatic rings. The molecule has 0 spiro atoms. The van der Waals surface area contributed by atoms with Crippen LogP contribution in [0.4, 0.5) is 4.39 Å². The Morgan fingerprint density at radius 2 is 1.69 bits per heavy atom. The van der Waals surface area contributed by atoms with E-state index in [0.29, 0.717) is 26.2 Å². The van der Waals surface area contributed by atoms with Crippen molar-refractivity contribution in [3.8, 4) is 0 Å². The number of amides is 1. The highest BCUT2D eigenvalue weighted by atomic mass is 19.1. The number of hydrogen-bond acceptors (Lipinski definition) is 3. The van der Waals surface area contributed by atoms with Gasteiger partial charge in [0.2, 0.25) is 5.91 Å². The zero-order chi connectivity index (χ0) is 22.9. The maximum Gasteiger partial charge on any atom is 0.237 e. The van der Waals surface area contributed by atoms with Crippen LogP contribution in [0.1, 0.15) is 42.9 Å². The number of carbonyl (C=O) groups is 1. The smallest absolute Gasteiger partial charge is 0.237 e. The van der Waals surface area contributed by atoms with Crippen LogP contribution in [0.2, 0.25) is 0 Å². The van der Waals surface area contributed by atoms with Crippen LogP contribution < -0.4 is 0 Å². The van der Waals surface area contributed by atoms with Gasteiger partial charge in [0, 0.05) is 19.1 Å². The Labute approximate surface area is 190 Å². The molecule has 1 amide bonds. The lowest BCUT2D eigenvalue weighted by molar-refractivity contribution is -0.134. The van der Waals surface area contributed by atoms with E-state index >= 15 is 0 Å². The fourth-order valence-corrected chi connectivity index (χ4v) is 3.68. The average molecular weight is 437 g/mol. The minimum atomic E-state index is -0.249. The van der Waals surface area contributed by atoms with E-state index < -0.39 is 0 Å². The molecule has 0 unspecified atom stereocenters. The van der Waals surface area contributed by atoms with Crippen molar-refractivity contribution in [1.82, 2.24) is 9.80 Å². The minimum Gasteiger partial charge on any atom is -0.464 e. The van der Waals surface area contributed by atoms with Gasteiger partial charge >= 0.3 is 0 Å². The van der Waals surface area contributed by atoms with E-state index in [4.69, 9.17) is 4.42 Å². The molecule has 1 atom stereocenters. The molecule has 170 valence electrons. The SMILES string of the molecule is CC[C@@H](C)N(CC(=O)N(CCc1ccccc1)Cc1ccc(C)o1)Cc1ccc(F)cc1. The molecular formula is C27H33FN2O2. The zero-order valence-electron chi connectivity index (χ0n) is 19.3. The summed E-state index contributed by atoms with van der Waals surface area (Å²) in [4.78, 5) is 17.5. The number of aryl methyl sites for hydroxylation is 1. The summed E-state index contributed by atoms with van der Waals surface area (Å²) in [5.41, 5.74) is 2.20. The van der Waals surface area contributed by atoms with E-state index in [0.717, 1.165) is 29.9 Å². The molecule has 2 aromatic carbocycles. The van der Waals surface area contributed by atoms with Gasteiger partial charge in [-0.3, -0.25) is 9.69 Å². The van der Waals surface area contributed by atoms with Gasteiger partial charge in [-0.2, -0.15) is 0 Å². The predicted molar refractivity (Wildman–Crippen MR) is 126 cm³/mol. The van der Waals surface area contributed by atoms with Crippen molar-refractivity contribution in [1.29, 1.82) is 0 Å². The molecule has 0 saturated carbocycles. The second kappa shape index (κ2) is 11.6. The standard InChI is InChI=1S/C27H33FN2O2/c1-4-21(2)30(18-24-11-13-25(28)14-12-24)20-27(31)29(19-26-15-10-22(3)32-26)17-16-23-8-6-5-7-9-23/h5-15,21H,4,16-20H2,1-3H3/t21-/m1/s1. The normalized spacial score (nSPS) is 12.2. The summed E-state index contributed by atoms with van der Waals surface area (Å²) in [5.74, 6) is 1.45. The van der Waals surface area contributed by atoms with Gasteiger partial charge in [0.1, 0.15) is 17.3 Å². The summed E-state index contributed by atoms with van der Waals surface area (Å²) >= 11 is 0. The molecule has 0 fully saturated rings. The van der Waals surface area contributed by atoms with E-state index in [-0.39, 0.29) is 17.8 Å². The highest BCUT2D eigenvalue weighted by Crippen LogP contribution is 2.15. The van der Waals surface area contributed by atoms with Gasteiger partial charge in [0.25, 0.3) is 0 Å². The molecule has 4 nitrogen and oxygen atoms in total. The lowest BCUT2D eigenvalue weighted by Crippen LogP contribution is -2.43. The molecule has 0 N–H and O–H groups in total. The number of rotatable bonds is 11. The lowest BCUT2D eigenvalue weighted by Gasteiger charge is -2.31. The molecule has 0 aliphatic heterocycles. The number of halogens is 1. The number of benzene rings is 2. The molecule has 1 heterocycles. The highest BCUT2D eigenvalue weighted by Gasteiger charge is 2.22. The first-order valence-corrected chi connectivity index (χ1v) is 11.3. The lowest BCUT2D eigenvalue weighted by atomic mass is 10.1. The largest absolute Gasteiger partial charge is 0.464 e. The monoisotopic (exact) mass is 436 g/mol. The highest BCUT2D eigenvalue weighted by molar-refractivity contribution is 5.78. The van der Waals surface area contributed by atoms with E-state index in [1.54, 1.807) is 12.1 Å². The van der Waals surface area contributed by atoms with Gasteiger partial charge in [-0.15, -0.1) is 0 Å². The van der Waals surface area contributed by atoms with Gasteiger partial charge in [0.15, 0.2) is 0 Å². The summed E-state index contributed by atoms with van der Waals surface area (Å²) in [6.45, 7) is 8.13. The van der Waals surface area contributed by atoms with Gasteiger partial charge in [0.05, 0.1) is 13.1 Å². The second-order valence-electron chi connectivity index (χ2n) is 8.35. The van der Waals surface area contributed by atoms with Gasteiger partial charge in [-0.1, -0.05) is 49.4 Å². The van der Waals surface area contributed by atoms with Crippen LogP contribution in [0.5, 0.6) is 0 Å². The van der Waals surface area contributed by atoms with E-state index in [1.807, 2.05) is 42.2 Å². The van der Waals surface area contributed by atoms with Crippen molar-refractivity contribution in [3.63, 3.8) is 0 Å². The Morgan fingerprint density at radius 1 is 0.969 bits per heavy atom. The first kappa shape index (κ1) is 23.7. The van der Waals surface area contributed by atoms with Crippen LogP contribution in [-0.2, 0) is 24.3 Å². The summed E-state index contributed by atoms with van der Waals surface area (Å²) in [6, 6.07) is 20.8. The second-order valence-corrected chi connectivity index (χ2v) is 8.35. The van der Waals surface area contributed by atoms with Gasteiger partial charge < -0.3 is 9.32 Å². The molecule has 0 aliphatic rings. The Bertz CT molecular complexity index is 969. The van der Waals surface area contributed by atoms with Crippen molar-refractivity contribution >= 4 is 5.91 Å². The number of carbonyl (C=O) groups excluding carboxylic acids is 1. The third-order valence-electron chi connectivity index (χ3n) is 5.86. The third kappa shape index (κ3) is 7.06. The third-order valence-corrected chi connectivity index (χ3v) is 5.86. The van der Waals surface area contributed by atoms with Crippen molar-refractivity contribution in [2.45, 2.75) is 52.7 Å². The van der Waals surface area contributed by atoms with Crippen LogP contribution in [0.15, 0.2) is 71.1 Å². The van der Waals surface area contributed by atoms with Crippen LogP contribution in [-0.4, -0.2) is 34.8 Å². The van der Waals surface area contributed by atoms with Crippen LogP contribution in [0.3, 0.4) is 0 Å². The Morgan fingerprint density at radius 3 is 2.31 bits per heavy atom. The van der Waals surface area contributed by atoms with Crippen molar-refractivity contribution in [2.24, 2.45) is 0 Å². The van der Waals surface area contributed by atoms with Crippen LogP contribution >= 0.6 is 0 Å². The summed E-state index contributed by atoms with van der Waals surface area (Å²) in [6.07, 6.45) is 1.71. The first-order chi connectivity index (χ1) is 15.4. The average Bonchev–Trinajstić information content (AvgIpc) is 3.22. The van der Waals surface area contributed by atoms with E-state index in [1.165, 1.54) is 17.7 Å².